The van der Waals surface area contributed by atoms with Gasteiger partial charge in [0, 0.05) is 36.4 Å². The van der Waals surface area contributed by atoms with Gasteiger partial charge in [0.15, 0.2) is 0 Å². The summed E-state index contributed by atoms with van der Waals surface area (Å²) in [4.78, 5) is 23.0. The van der Waals surface area contributed by atoms with Gasteiger partial charge in [0.1, 0.15) is 0 Å². The number of nitrogens with one attached hydrogen (secondary N) is 1. The van der Waals surface area contributed by atoms with Crippen LogP contribution in [0.2, 0.25) is 0 Å². The fourth-order valence-corrected chi connectivity index (χ4v) is 2.92. The van der Waals surface area contributed by atoms with Crippen LogP contribution < -0.4 is 10.2 Å². The molecular formula is C17H18N6O. The molecule has 1 saturated heterocycles. The minimum Gasteiger partial charge on any atom is -0.372 e. The first-order valence-electron chi connectivity index (χ1n) is 8.05. The third kappa shape index (κ3) is 2.68. The van der Waals surface area contributed by atoms with Crippen LogP contribution in [0, 0.1) is 6.92 Å². The zero-order valence-corrected chi connectivity index (χ0v) is 13.4. The Morgan fingerprint density at radius 3 is 2.58 bits per heavy atom. The van der Waals surface area contributed by atoms with Crippen LogP contribution in [0.1, 0.15) is 29.2 Å². The molecule has 0 spiro atoms. The van der Waals surface area contributed by atoms with Gasteiger partial charge in [-0.25, -0.2) is 9.50 Å². The van der Waals surface area contributed by atoms with E-state index in [-0.39, 0.29) is 11.7 Å². The van der Waals surface area contributed by atoms with Gasteiger partial charge in [-0.05, 0) is 50.1 Å². The molecule has 24 heavy (non-hydrogen) atoms. The van der Waals surface area contributed by atoms with E-state index >= 15 is 0 Å². The summed E-state index contributed by atoms with van der Waals surface area (Å²) < 4.78 is 1.56. The van der Waals surface area contributed by atoms with Gasteiger partial charge in [0.25, 0.3) is 11.7 Å². The summed E-state index contributed by atoms with van der Waals surface area (Å²) in [6.07, 6.45) is 4.13. The van der Waals surface area contributed by atoms with Crippen molar-refractivity contribution in [3.05, 3.63) is 48.0 Å². The number of nitrogens with zero attached hydrogens (tertiary/aromatic N) is 5. The summed E-state index contributed by atoms with van der Waals surface area (Å²) in [6, 6.07) is 9.70. The van der Waals surface area contributed by atoms with E-state index in [1.54, 1.807) is 10.7 Å². The number of anilines is 2. The molecule has 1 fully saturated rings. The summed E-state index contributed by atoms with van der Waals surface area (Å²) in [5.41, 5.74) is 2.80. The van der Waals surface area contributed by atoms with Gasteiger partial charge in [0.05, 0.1) is 0 Å². The lowest BCUT2D eigenvalue weighted by atomic mass is 10.2. The maximum Gasteiger partial charge on any atom is 0.295 e. The fourth-order valence-electron chi connectivity index (χ4n) is 2.92. The Balaban J connectivity index is 1.51. The van der Waals surface area contributed by atoms with Crippen LogP contribution in [0.25, 0.3) is 5.78 Å². The third-order valence-electron chi connectivity index (χ3n) is 4.23. The van der Waals surface area contributed by atoms with E-state index in [2.05, 4.69) is 25.3 Å². The normalized spacial score (nSPS) is 14.3. The Morgan fingerprint density at radius 2 is 1.88 bits per heavy atom. The van der Waals surface area contributed by atoms with Crippen molar-refractivity contribution in [2.75, 3.05) is 23.3 Å². The Morgan fingerprint density at radius 1 is 1.12 bits per heavy atom. The number of aryl methyl sites for hydroxylation is 1. The van der Waals surface area contributed by atoms with Crippen molar-refractivity contribution in [3.8, 4) is 0 Å². The topological polar surface area (TPSA) is 75.4 Å². The molecule has 3 heterocycles. The van der Waals surface area contributed by atoms with Gasteiger partial charge in [-0.3, -0.25) is 4.79 Å². The lowest BCUT2D eigenvalue weighted by molar-refractivity contribution is 0.101. The van der Waals surface area contributed by atoms with Crippen molar-refractivity contribution in [2.45, 2.75) is 19.8 Å². The first-order valence-corrected chi connectivity index (χ1v) is 8.05. The molecule has 0 saturated carbocycles. The molecule has 1 N–H and O–H groups in total. The highest BCUT2D eigenvalue weighted by Gasteiger charge is 2.15. The number of hydrogen-bond donors (Lipinski definition) is 1. The lowest BCUT2D eigenvalue weighted by Crippen LogP contribution is -2.17. The summed E-state index contributed by atoms with van der Waals surface area (Å²) >= 11 is 0. The highest BCUT2D eigenvalue weighted by Crippen LogP contribution is 2.22. The summed E-state index contributed by atoms with van der Waals surface area (Å²) in [6.45, 7) is 4.09. The predicted molar refractivity (Wildman–Crippen MR) is 91.4 cm³/mol. The molecule has 3 aromatic rings. The third-order valence-corrected chi connectivity index (χ3v) is 4.23. The van der Waals surface area contributed by atoms with Crippen molar-refractivity contribution >= 4 is 23.1 Å². The molecule has 1 amide bonds. The summed E-state index contributed by atoms with van der Waals surface area (Å²) in [5.74, 6) is 0.193. The van der Waals surface area contributed by atoms with Gasteiger partial charge < -0.3 is 10.2 Å². The van der Waals surface area contributed by atoms with Gasteiger partial charge in [-0.2, -0.15) is 4.98 Å². The Kier molecular flexibility index (Phi) is 3.60. The van der Waals surface area contributed by atoms with E-state index in [0.29, 0.717) is 5.78 Å². The quantitative estimate of drug-likeness (QED) is 0.801. The van der Waals surface area contributed by atoms with Crippen LogP contribution >= 0.6 is 0 Å². The standard InChI is InChI=1S/C17H18N6O/c1-12-8-9-18-17-20-15(21-23(12)17)16(24)19-13-4-6-14(7-5-13)22-10-2-3-11-22/h4-9H,2-3,10-11H2,1H3,(H,19,24). The molecule has 4 rings (SSSR count). The number of fused-ring (bicyclic) bond motifs is 1. The number of aromatic nitrogens is 4. The monoisotopic (exact) mass is 322 g/mol. The minimum atomic E-state index is -0.339. The summed E-state index contributed by atoms with van der Waals surface area (Å²) in [7, 11) is 0. The lowest BCUT2D eigenvalue weighted by Gasteiger charge is -2.17. The second kappa shape index (κ2) is 5.92. The predicted octanol–water partition coefficient (Wildman–Crippen LogP) is 2.29. The number of amides is 1. The molecule has 1 aliphatic heterocycles. The molecule has 1 aromatic carbocycles. The maximum absolute atomic E-state index is 12.3. The van der Waals surface area contributed by atoms with Crippen LogP contribution in [-0.2, 0) is 0 Å². The number of benzene rings is 1. The van der Waals surface area contributed by atoms with E-state index in [1.807, 2.05) is 37.3 Å². The van der Waals surface area contributed by atoms with Crippen molar-refractivity contribution < 1.29 is 4.79 Å². The molecule has 122 valence electrons. The molecule has 0 radical (unpaired) electrons. The Labute approximate surface area is 139 Å². The second-order valence-electron chi connectivity index (χ2n) is 5.93. The van der Waals surface area contributed by atoms with Crippen LogP contribution in [0.3, 0.4) is 0 Å². The van der Waals surface area contributed by atoms with Crippen LogP contribution in [0.5, 0.6) is 0 Å². The summed E-state index contributed by atoms with van der Waals surface area (Å²) in [5, 5.41) is 7.04. The average Bonchev–Trinajstić information content (AvgIpc) is 3.26. The highest BCUT2D eigenvalue weighted by molar-refractivity contribution is 6.01. The first kappa shape index (κ1) is 14.6. The molecule has 7 heteroatoms. The first-order chi connectivity index (χ1) is 11.7. The van der Waals surface area contributed by atoms with E-state index in [0.717, 1.165) is 24.5 Å². The minimum absolute atomic E-state index is 0.111. The van der Waals surface area contributed by atoms with Crippen LogP contribution in [0.15, 0.2) is 36.5 Å². The van der Waals surface area contributed by atoms with Crippen molar-refractivity contribution in [3.63, 3.8) is 0 Å². The van der Waals surface area contributed by atoms with E-state index in [4.69, 9.17) is 0 Å². The van der Waals surface area contributed by atoms with Crippen molar-refractivity contribution in [2.24, 2.45) is 0 Å². The number of carbonyl (C=O) groups excluding carboxylic acids is 1. The maximum atomic E-state index is 12.3. The Hall–Kier alpha value is -2.96. The smallest absolute Gasteiger partial charge is 0.295 e. The van der Waals surface area contributed by atoms with Gasteiger partial charge in [-0.1, -0.05) is 0 Å². The molecule has 0 bridgehead atoms. The van der Waals surface area contributed by atoms with Crippen molar-refractivity contribution in [1.29, 1.82) is 0 Å². The molecule has 7 nitrogen and oxygen atoms in total. The van der Waals surface area contributed by atoms with Gasteiger partial charge in [0.2, 0.25) is 5.82 Å². The highest BCUT2D eigenvalue weighted by atomic mass is 16.2. The van der Waals surface area contributed by atoms with Gasteiger partial charge >= 0.3 is 0 Å². The molecular weight excluding hydrogens is 304 g/mol. The Bertz CT molecular complexity index is 880. The van der Waals surface area contributed by atoms with Gasteiger partial charge in [-0.15, -0.1) is 5.10 Å². The van der Waals surface area contributed by atoms with Crippen molar-refractivity contribution in [1.82, 2.24) is 19.6 Å². The fraction of sp³-hybridized carbons (Fsp3) is 0.294. The molecule has 0 atom stereocenters. The zero-order chi connectivity index (χ0) is 16.5. The average molecular weight is 322 g/mol. The molecule has 0 unspecified atom stereocenters. The van der Waals surface area contributed by atoms with E-state index < -0.39 is 0 Å². The molecule has 2 aromatic heterocycles. The SMILES string of the molecule is Cc1ccnc2nc(C(=O)Nc3ccc(N4CCCC4)cc3)nn12. The van der Waals surface area contributed by atoms with E-state index in [1.165, 1.54) is 18.5 Å². The molecule has 1 aliphatic rings. The zero-order valence-electron chi connectivity index (χ0n) is 13.4. The second-order valence-corrected chi connectivity index (χ2v) is 5.93. The van der Waals surface area contributed by atoms with Crippen LogP contribution in [0.4, 0.5) is 11.4 Å². The van der Waals surface area contributed by atoms with Crippen LogP contribution in [-0.4, -0.2) is 38.6 Å². The number of hydrogen-bond acceptors (Lipinski definition) is 5. The largest absolute Gasteiger partial charge is 0.372 e. The number of rotatable bonds is 3. The molecule has 0 aliphatic carbocycles. The van der Waals surface area contributed by atoms with E-state index in [9.17, 15) is 4.79 Å². The number of carbonyl (C=O) groups is 1.